The molecule has 0 aliphatic carbocycles. The number of likely N-dealkylation sites (tertiary alicyclic amines) is 1. The number of fused-ring (bicyclic) bond motifs is 1. The highest BCUT2D eigenvalue weighted by molar-refractivity contribution is 6.21. The van der Waals surface area contributed by atoms with E-state index in [1.807, 2.05) is 0 Å². The van der Waals surface area contributed by atoms with Crippen LogP contribution in [0.2, 0.25) is 0 Å². The molecule has 2 atom stereocenters. The molecule has 1 aromatic rings. The van der Waals surface area contributed by atoms with Crippen molar-refractivity contribution in [2.75, 3.05) is 6.54 Å². The first-order chi connectivity index (χ1) is 12.1. The summed E-state index contributed by atoms with van der Waals surface area (Å²) in [5.41, 5.74) is -0.289. The molecule has 1 saturated heterocycles. The smallest absolute Gasteiger partial charge is 0.411 e. The number of benzene rings is 1. The van der Waals surface area contributed by atoms with Crippen LogP contribution >= 0.6 is 0 Å². The third kappa shape index (κ3) is 2.91. The number of amides is 3. The maximum atomic E-state index is 12.6. The van der Waals surface area contributed by atoms with E-state index in [-0.39, 0.29) is 24.1 Å². The fraction of sp³-hybridized carbons (Fsp3) is 0.444. The van der Waals surface area contributed by atoms with Gasteiger partial charge in [-0.25, -0.2) is 9.59 Å². The van der Waals surface area contributed by atoms with Crippen molar-refractivity contribution in [2.45, 2.75) is 44.9 Å². The zero-order chi connectivity index (χ0) is 19.2. The van der Waals surface area contributed by atoms with Crippen LogP contribution in [0.3, 0.4) is 0 Å². The Labute approximate surface area is 150 Å². The molecule has 138 valence electrons. The molecule has 0 saturated carbocycles. The van der Waals surface area contributed by atoms with Crippen molar-refractivity contribution >= 4 is 23.9 Å². The van der Waals surface area contributed by atoms with E-state index in [9.17, 15) is 24.3 Å². The number of hydrogen-bond donors (Lipinski definition) is 1. The second-order valence-corrected chi connectivity index (χ2v) is 7.34. The summed E-state index contributed by atoms with van der Waals surface area (Å²) in [6.07, 6.45) is -0.592. The Balaban J connectivity index is 1.90. The maximum absolute atomic E-state index is 12.6. The molecule has 2 aliphatic heterocycles. The van der Waals surface area contributed by atoms with Crippen LogP contribution < -0.4 is 0 Å². The monoisotopic (exact) mass is 360 g/mol. The number of aliphatic carboxylic acids is 1. The molecule has 2 unspecified atom stereocenters. The van der Waals surface area contributed by atoms with E-state index in [0.29, 0.717) is 0 Å². The van der Waals surface area contributed by atoms with E-state index in [1.165, 1.54) is 12.1 Å². The van der Waals surface area contributed by atoms with Crippen LogP contribution in [0.15, 0.2) is 24.3 Å². The number of carboxylic acid groups (broad SMARTS) is 1. The van der Waals surface area contributed by atoms with Gasteiger partial charge < -0.3 is 9.84 Å². The molecule has 0 bridgehead atoms. The van der Waals surface area contributed by atoms with Crippen molar-refractivity contribution in [1.82, 2.24) is 9.80 Å². The summed E-state index contributed by atoms with van der Waals surface area (Å²) >= 11 is 0. The molecule has 3 rings (SSSR count). The minimum absolute atomic E-state index is 0.0873. The van der Waals surface area contributed by atoms with E-state index in [2.05, 4.69) is 0 Å². The lowest BCUT2D eigenvalue weighted by Gasteiger charge is -2.30. The molecule has 26 heavy (non-hydrogen) atoms. The summed E-state index contributed by atoms with van der Waals surface area (Å²) in [5.74, 6) is -2.35. The van der Waals surface area contributed by atoms with Crippen molar-refractivity contribution < 1.29 is 29.0 Å². The third-order valence-corrected chi connectivity index (χ3v) is 4.40. The van der Waals surface area contributed by atoms with Gasteiger partial charge in [-0.2, -0.15) is 0 Å². The molecule has 1 fully saturated rings. The van der Waals surface area contributed by atoms with Crippen LogP contribution in [0.5, 0.6) is 0 Å². The Bertz CT molecular complexity index is 762. The average molecular weight is 360 g/mol. The van der Waals surface area contributed by atoms with E-state index in [1.54, 1.807) is 32.9 Å². The zero-order valence-electron chi connectivity index (χ0n) is 14.8. The fourth-order valence-corrected chi connectivity index (χ4v) is 3.38. The van der Waals surface area contributed by atoms with Gasteiger partial charge >= 0.3 is 12.1 Å². The Hall–Kier alpha value is -2.90. The van der Waals surface area contributed by atoms with Crippen LogP contribution in [0.4, 0.5) is 4.79 Å². The van der Waals surface area contributed by atoms with Gasteiger partial charge in [-0.1, -0.05) is 12.1 Å². The number of imide groups is 1. The Morgan fingerprint density at radius 1 is 1.12 bits per heavy atom. The van der Waals surface area contributed by atoms with Gasteiger partial charge in [0.2, 0.25) is 0 Å². The third-order valence-electron chi connectivity index (χ3n) is 4.40. The molecule has 0 aromatic heterocycles. The Kier molecular flexibility index (Phi) is 4.21. The number of ether oxygens (including phenoxy) is 1. The molecule has 2 heterocycles. The molecule has 8 nitrogen and oxygen atoms in total. The van der Waals surface area contributed by atoms with E-state index >= 15 is 0 Å². The highest BCUT2D eigenvalue weighted by Gasteiger charge is 2.51. The number of carbonyl (C=O) groups is 4. The molecule has 1 aromatic carbocycles. The van der Waals surface area contributed by atoms with Crippen LogP contribution in [-0.2, 0) is 9.53 Å². The number of carbonyl (C=O) groups excluding carboxylic acids is 3. The lowest BCUT2D eigenvalue weighted by Crippen LogP contribution is -2.53. The molecular weight excluding hydrogens is 340 g/mol. The molecule has 2 aliphatic rings. The van der Waals surface area contributed by atoms with E-state index < -0.39 is 41.6 Å². The molecule has 0 radical (unpaired) electrons. The van der Waals surface area contributed by atoms with Crippen LogP contribution in [0, 0.1) is 0 Å². The standard InChI is InChI=1S/C18H20N2O6/c1-18(2,3)26-17(25)19-9-8-12(13(19)16(23)24)20-14(21)10-6-4-5-7-11(10)15(20)22/h4-7,12-13H,8-9H2,1-3H3,(H,23,24). The first kappa shape index (κ1) is 17.9. The largest absolute Gasteiger partial charge is 0.480 e. The summed E-state index contributed by atoms with van der Waals surface area (Å²) in [6, 6.07) is 4.07. The minimum Gasteiger partial charge on any atom is -0.480 e. The highest BCUT2D eigenvalue weighted by atomic mass is 16.6. The van der Waals surface area contributed by atoms with Crippen molar-refractivity contribution in [3.8, 4) is 0 Å². The molecule has 0 spiro atoms. The first-order valence-electron chi connectivity index (χ1n) is 8.31. The van der Waals surface area contributed by atoms with E-state index in [4.69, 9.17) is 4.74 Å². The highest BCUT2D eigenvalue weighted by Crippen LogP contribution is 2.32. The van der Waals surface area contributed by atoms with Crippen LogP contribution in [-0.4, -0.2) is 63.0 Å². The summed E-state index contributed by atoms with van der Waals surface area (Å²) in [5, 5.41) is 9.65. The summed E-state index contributed by atoms with van der Waals surface area (Å²) in [4.78, 5) is 51.5. The number of carboxylic acids is 1. The SMILES string of the molecule is CC(C)(C)OC(=O)N1CCC(N2C(=O)c3ccccc3C2=O)C1C(=O)O. The first-order valence-corrected chi connectivity index (χ1v) is 8.31. The number of hydrogen-bond acceptors (Lipinski definition) is 5. The topological polar surface area (TPSA) is 104 Å². The van der Waals surface area contributed by atoms with Crippen molar-refractivity contribution in [1.29, 1.82) is 0 Å². The van der Waals surface area contributed by atoms with Crippen LogP contribution in [0.25, 0.3) is 0 Å². The Morgan fingerprint density at radius 3 is 2.12 bits per heavy atom. The van der Waals surface area contributed by atoms with Crippen molar-refractivity contribution in [3.05, 3.63) is 35.4 Å². The second-order valence-electron chi connectivity index (χ2n) is 7.34. The van der Waals surface area contributed by atoms with Gasteiger partial charge in [0.25, 0.3) is 11.8 Å². The van der Waals surface area contributed by atoms with E-state index in [0.717, 1.165) is 9.80 Å². The predicted molar refractivity (Wildman–Crippen MR) is 89.7 cm³/mol. The zero-order valence-corrected chi connectivity index (χ0v) is 14.8. The second kappa shape index (κ2) is 6.12. The molecule has 1 N–H and O–H groups in total. The summed E-state index contributed by atoms with van der Waals surface area (Å²) in [6.45, 7) is 5.12. The quantitative estimate of drug-likeness (QED) is 0.806. The molecule has 8 heteroatoms. The average Bonchev–Trinajstić information content (AvgIpc) is 3.07. The lowest BCUT2D eigenvalue weighted by molar-refractivity contribution is -0.143. The molecule has 3 amide bonds. The van der Waals surface area contributed by atoms with Crippen molar-refractivity contribution in [2.24, 2.45) is 0 Å². The van der Waals surface area contributed by atoms with Gasteiger partial charge in [-0.15, -0.1) is 0 Å². The molecular formula is C18H20N2O6. The van der Waals surface area contributed by atoms with Gasteiger partial charge in [0.15, 0.2) is 6.04 Å². The van der Waals surface area contributed by atoms with Gasteiger partial charge in [-0.3, -0.25) is 19.4 Å². The van der Waals surface area contributed by atoms with Gasteiger partial charge in [0.05, 0.1) is 17.2 Å². The van der Waals surface area contributed by atoms with Crippen molar-refractivity contribution in [3.63, 3.8) is 0 Å². The minimum atomic E-state index is -1.34. The van der Waals surface area contributed by atoms with Crippen LogP contribution in [0.1, 0.15) is 47.9 Å². The summed E-state index contributed by atoms with van der Waals surface area (Å²) < 4.78 is 5.26. The lowest BCUT2D eigenvalue weighted by atomic mass is 10.1. The summed E-state index contributed by atoms with van der Waals surface area (Å²) in [7, 11) is 0. The van der Waals surface area contributed by atoms with Gasteiger partial charge in [0, 0.05) is 6.54 Å². The number of rotatable bonds is 2. The predicted octanol–water partition coefficient (Wildman–Crippen LogP) is 1.75. The van der Waals surface area contributed by atoms with Gasteiger partial charge in [0.1, 0.15) is 5.60 Å². The fourth-order valence-electron chi connectivity index (χ4n) is 3.38. The Morgan fingerprint density at radius 2 is 1.65 bits per heavy atom. The number of nitrogens with zero attached hydrogens (tertiary/aromatic N) is 2. The maximum Gasteiger partial charge on any atom is 0.411 e. The van der Waals surface area contributed by atoms with Gasteiger partial charge in [-0.05, 0) is 39.3 Å². The normalized spacial score (nSPS) is 22.6.